The molecule has 3 N–H and O–H groups in total. The lowest BCUT2D eigenvalue weighted by Gasteiger charge is -2.18. The quantitative estimate of drug-likeness (QED) is 0.393. The lowest BCUT2D eigenvalue weighted by molar-refractivity contribution is 1.45. The van der Waals surface area contributed by atoms with Gasteiger partial charge in [-0.05, 0) is 54.1 Å². The maximum absolute atomic E-state index is 6.38. The number of hydrogen-bond acceptors (Lipinski definition) is 4. The molecule has 0 atom stereocenters. The first-order chi connectivity index (χ1) is 12.2. The fraction of sp³-hybridized carbons (Fsp3) is 0.0476. The van der Waals surface area contributed by atoms with E-state index in [-0.39, 0.29) is 0 Å². The van der Waals surface area contributed by atoms with Crippen LogP contribution in [0.1, 0.15) is 5.56 Å². The molecule has 124 valence electrons. The largest absolute Gasteiger partial charge is 0.398 e. The summed E-state index contributed by atoms with van der Waals surface area (Å²) >= 11 is 3.44. The molecule has 0 unspecified atom stereocenters. The Bertz CT molecular complexity index is 970. The Morgan fingerprint density at radius 2 is 1.48 bits per heavy atom. The van der Waals surface area contributed by atoms with Gasteiger partial charge in [-0.1, -0.05) is 29.8 Å². The highest BCUT2D eigenvalue weighted by molar-refractivity contribution is 7.14. The van der Waals surface area contributed by atoms with Crippen LogP contribution in [0.25, 0.3) is 20.9 Å². The molecule has 0 radical (unpaired) electrons. The lowest BCUT2D eigenvalue weighted by atomic mass is 10.0. The van der Waals surface area contributed by atoms with Crippen molar-refractivity contribution in [3.63, 3.8) is 0 Å². The Kier molecular flexibility index (Phi) is 4.30. The molecule has 4 rings (SSSR count). The van der Waals surface area contributed by atoms with E-state index >= 15 is 0 Å². The van der Waals surface area contributed by atoms with Crippen molar-refractivity contribution < 1.29 is 0 Å². The standard InChI is InChI=1S/C21H18N2S2/c1-14-6-8-15(9-7-14)23-21-16(18-4-2-12-24-18)10-11-17(22)20(21)19-5-3-13-25-19/h2-13,23H,22H2,1H3. The highest BCUT2D eigenvalue weighted by Crippen LogP contribution is 2.44. The van der Waals surface area contributed by atoms with Crippen LogP contribution in [0.15, 0.2) is 71.4 Å². The first-order valence-corrected chi connectivity index (χ1v) is 9.82. The van der Waals surface area contributed by atoms with Gasteiger partial charge in [0.1, 0.15) is 0 Å². The van der Waals surface area contributed by atoms with Crippen LogP contribution in [-0.4, -0.2) is 0 Å². The number of benzene rings is 2. The summed E-state index contributed by atoms with van der Waals surface area (Å²) in [5.74, 6) is 0. The van der Waals surface area contributed by atoms with Gasteiger partial charge in [-0.15, -0.1) is 22.7 Å². The average molecular weight is 363 g/mol. The summed E-state index contributed by atoms with van der Waals surface area (Å²) in [6.07, 6.45) is 0. The molecule has 0 amide bonds. The van der Waals surface area contributed by atoms with Crippen molar-refractivity contribution in [3.8, 4) is 20.9 Å². The zero-order valence-corrected chi connectivity index (χ0v) is 15.5. The third-order valence-electron chi connectivity index (χ3n) is 4.11. The second-order valence-electron chi connectivity index (χ2n) is 5.90. The van der Waals surface area contributed by atoms with E-state index in [0.29, 0.717) is 0 Å². The molecule has 0 aliphatic heterocycles. The predicted octanol–water partition coefficient (Wildman–Crippen LogP) is 6.78. The lowest BCUT2D eigenvalue weighted by Crippen LogP contribution is -1.99. The summed E-state index contributed by atoms with van der Waals surface area (Å²) in [5, 5.41) is 7.81. The Hall–Kier alpha value is -2.56. The van der Waals surface area contributed by atoms with Crippen molar-refractivity contribution in [2.45, 2.75) is 6.92 Å². The Labute approximate surface area is 155 Å². The van der Waals surface area contributed by atoms with Crippen LogP contribution in [0.4, 0.5) is 17.1 Å². The zero-order chi connectivity index (χ0) is 17.2. The minimum Gasteiger partial charge on any atom is -0.398 e. The second kappa shape index (κ2) is 6.75. The summed E-state index contributed by atoms with van der Waals surface area (Å²) in [6.45, 7) is 2.10. The molecular weight excluding hydrogens is 344 g/mol. The molecule has 25 heavy (non-hydrogen) atoms. The van der Waals surface area contributed by atoms with E-state index in [1.54, 1.807) is 22.7 Å². The van der Waals surface area contributed by atoms with Gasteiger partial charge in [0.25, 0.3) is 0 Å². The van der Waals surface area contributed by atoms with Crippen molar-refractivity contribution in [1.29, 1.82) is 0 Å². The molecule has 2 aromatic carbocycles. The number of nitrogen functional groups attached to an aromatic ring is 1. The normalized spacial score (nSPS) is 10.8. The van der Waals surface area contributed by atoms with Crippen molar-refractivity contribution in [1.82, 2.24) is 0 Å². The molecular formula is C21H18N2S2. The van der Waals surface area contributed by atoms with Gasteiger partial charge in [-0.2, -0.15) is 0 Å². The van der Waals surface area contributed by atoms with Gasteiger partial charge in [0.05, 0.1) is 5.69 Å². The minimum absolute atomic E-state index is 0.789. The number of hydrogen-bond donors (Lipinski definition) is 2. The van der Waals surface area contributed by atoms with E-state index < -0.39 is 0 Å². The number of nitrogens with two attached hydrogens (primary N) is 1. The van der Waals surface area contributed by atoms with Gasteiger partial charge in [0.2, 0.25) is 0 Å². The molecule has 0 spiro atoms. The SMILES string of the molecule is Cc1ccc(Nc2c(-c3cccs3)ccc(N)c2-c2cccs2)cc1. The monoisotopic (exact) mass is 362 g/mol. The molecule has 0 saturated heterocycles. The Balaban J connectivity index is 1.91. The van der Waals surface area contributed by atoms with Crippen LogP contribution in [0.3, 0.4) is 0 Å². The molecule has 2 nitrogen and oxygen atoms in total. The molecule has 4 aromatic rings. The van der Waals surface area contributed by atoms with E-state index in [1.165, 1.54) is 20.9 Å². The third-order valence-corrected chi connectivity index (χ3v) is 5.90. The minimum atomic E-state index is 0.789. The summed E-state index contributed by atoms with van der Waals surface area (Å²) < 4.78 is 0. The molecule has 0 fully saturated rings. The van der Waals surface area contributed by atoms with Crippen molar-refractivity contribution in [2.24, 2.45) is 0 Å². The van der Waals surface area contributed by atoms with Crippen molar-refractivity contribution >= 4 is 39.7 Å². The van der Waals surface area contributed by atoms with Crippen LogP contribution >= 0.6 is 22.7 Å². The maximum atomic E-state index is 6.38. The summed E-state index contributed by atoms with van der Waals surface area (Å²) in [7, 11) is 0. The van der Waals surface area contributed by atoms with Crippen molar-refractivity contribution in [3.05, 3.63) is 77.0 Å². The molecule has 0 aliphatic carbocycles. The fourth-order valence-electron chi connectivity index (χ4n) is 2.85. The molecule has 0 saturated carbocycles. The number of anilines is 3. The maximum Gasteiger partial charge on any atom is 0.0581 e. The number of aryl methyl sites for hydroxylation is 1. The second-order valence-corrected chi connectivity index (χ2v) is 7.79. The Morgan fingerprint density at radius 3 is 2.12 bits per heavy atom. The first-order valence-electron chi connectivity index (χ1n) is 8.06. The average Bonchev–Trinajstić information content (AvgIpc) is 3.31. The van der Waals surface area contributed by atoms with Crippen LogP contribution in [0.2, 0.25) is 0 Å². The topological polar surface area (TPSA) is 38.0 Å². The highest BCUT2D eigenvalue weighted by atomic mass is 32.1. The molecule has 2 aromatic heterocycles. The van der Waals surface area contributed by atoms with E-state index in [2.05, 4.69) is 77.6 Å². The van der Waals surface area contributed by atoms with Gasteiger partial charge in [-0.25, -0.2) is 0 Å². The third kappa shape index (κ3) is 3.18. The number of nitrogens with one attached hydrogen (secondary N) is 1. The number of rotatable bonds is 4. The van der Waals surface area contributed by atoms with Gasteiger partial charge in [0, 0.05) is 32.3 Å². The summed E-state index contributed by atoms with van der Waals surface area (Å²) in [5.41, 5.74) is 12.8. The smallest absolute Gasteiger partial charge is 0.0581 e. The first kappa shape index (κ1) is 15.9. The van der Waals surface area contributed by atoms with E-state index in [9.17, 15) is 0 Å². The fourth-order valence-corrected chi connectivity index (χ4v) is 4.41. The van der Waals surface area contributed by atoms with E-state index in [1.807, 2.05) is 6.07 Å². The van der Waals surface area contributed by atoms with Crippen LogP contribution < -0.4 is 11.1 Å². The van der Waals surface area contributed by atoms with Crippen LogP contribution in [0, 0.1) is 6.92 Å². The molecule has 2 heterocycles. The summed E-state index contributed by atoms with van der Waals surface area (Å²) in [4.78, 5) is 2.40. The summed E-state index contributed by atoms with van der Waals surface area (Å²) in [6, 6.07) is 21.0. The van der Waals surface area contributed by atoms with Crippen LogP contribution in [0.5, 0.6) is 0 Å². The van der Waals surface area contributed by atoms with Crippen LogP contribution in [-0.2, 0) is 0 Å². The van der Waals surface area contributed by atoms with Gasteiger partial charge < -0.3 is 11.1 Å². The van der Waals surface area contributed by atoms with Gasteiger partial charge in [0.15, 0.2) is 0 Å². The predicted molar refractivity (Wildman–Crippen MR) is 112 cm³/mol. The molecule has 4 heteroatoms. The van der Waals surface area contributed by atoms with E-state index in [0.717, 1.165) is 22.6 Å². The van der Waals surface area contributed by atoms with Gasteiger partial charge >= 0.3 is 0 Å². The molecule has 0 bridgehead atoms. The highest BCUT2D eigenvalue weighted by Gasteiger charge is 2.16. The van der Waals surface area contributed by atoms with Gasteiger partial charge in [-0.3, -0.25) is 0 Å². The van der Waals surface area contributed by atoms with Crippen molar-refractivity contribution in [2.75, 3.05) is 11.1 Å². The molecule has 0 aliphatic rings. The number of thiophene rings is 2. The Morgan fingerprint density at radius 1 is 0.800 bits per heavy atom. The zero-order valence-electron chi connectivity index (χ0n) is 13.8. The van der Waals surface area contributed by atoms with E-state index in [4.69, 9.17) is 5.73 Å².